The molecule has 0 saturated carbocycles. The Morgan fingerprint density at radius 2 is 1.89 bits per heavy atom. The first-order valence-corrected chi connectivity index (χ1v) is 12.2. The summed E-state index contributed by atoms with van der Waals surface area (Å²) < 4.78 is 28.0. The summed E-state index contributed by atoms with van der Waals surface area (Å²) in [5.74, 6) is -2.80. The highest BCUT2D eigenvalue weighted by Gasteiger charge is 2.27. The lowest BCUT2D eigenvalue weighted by Gasteiger charge is -2.32. The number of likely N-dealkylation sites (tertiary alicyclic amines) is 1. The number of thiazole rings is 1. The number of benzene rings is 1. The van der Waals surface area contributed by atoms with Crippen molar-refractivity contribution < 1.29 is 18.4 Å². The molecule has 0 spiro atoms. The second-order valence-corrected chi connectivity index (χ2v) is 9.78. The zero-order valence-corrected chi connectivity index (χ0v) is 20.4. The van der Waals surface area contributed by atoms with E-state index in [0.717, 1.165) is 35.6 Å². The number of allylic oxidation sites excluding steroid dienone is 1. The van der Waals surface area contributed by atoms with E-state index < -0.39 is 23.0 Å². The number of amides is 2. The molecule has 1 atom stereocenters. The summed E-state index contributed by atoms with van der Waals surface area (Å²) >= 11 is 0.964. The van der Waals surface area contributed by atoms with E-state index in [1.54, 1.807) is 4.90 Å². The number of aromatic nitrogens is 1. The first kappa shape index (κ1) is 24.8. The fourth-order valence-corrected chi connectivity index (χ4v) is 4.98. The summed E-state index contributed by atoms with van der Waals surface area (Å²) in [4.78, 5) is 33.3. The highest BCUT2D eigenvalue weighted by Crippen LogP contribution is 2.30. The molecule has 1 unspecified atom stereocenters. The van der Waals surface area contributed by atoms with E-state index in [4.69, 9.17) is 5.73 Å². The summed E-state index contributed by atoms with van der Waals surface area (Å²) in [5.41, 5.74) is 6.04. The van der Waals surface area contributed by atoms with Crippen LogP contribution >= 0.6 is 11.3 Å². The molecule has 1 aromatic carbocycles. The molecule has 2 heterocycles. The second kappa shape index (κ2) is 10.5. The van der Waals surface area contributed by atoms with E-state index in [-0.39, 0.29) is 22.8 Å². The van der Waals surface area contributed by atoms with Crippen LogP contribution in [0, 0.1) is 11.6 Å². The van der Waals surface area contributed by atoms with E-state index in [2.05, 4.69) is 26.6 Å². The minimum Gasteiger partial charge on any atom is -0.382 e. The van der Waals surface area contributed by atoms with Gasteiger partial charge in [-0.1, -0.05) is 29.6 Å². The molecule has 2 aromatic rings. The van der Waals surface area contributed by atoms with Crippen LogP contribution in [0.15, 0.2) is 42.1 Å². The fourth-order valence-electron chi connectivity index (χ4n) is 4.07. The molecule has 1 aromatic heterocycles. The summed E-state index contributed by atoms with van der Waals surface area (Å²) in [6.07, 6.45) is 8.22. The highest BCUT2D eigenvalue weighted by molar-refractivity contribution is 7.18. The molecule has 4 N–H and O–H groups in total. The first-order valence-electron chi connectivity index (χ1n) is 11.3. The predicted molar refractivity (Wildman–Crippen MR) is 132 cm³/mol. The zero-order chi connectivity index (χ0) is 25.1. The average Bonchev–Trinajstić information content (AvgIpc) is 3.19. The van der Waals surface area contributed by atoms with Crippen LogP contribution in [0.3, 0.4) is 0 Å². The Morgan fingerprint density at radius 3 is 2.49 bits per heavy atom. The molecular formula is C24H28F2N6O2S. The Hall–Kier alpha value is -3.31. The SMILES string of the molecule is CN(C)C1C=CC(NC(=O)N2CCC(Nc3nc(N)c(C(=O)c4c(F)cccc4F)s3)CC2)=CC1. The van der Waals surface area contributed by atoms with Crippen molar-refractivity contribution in [2.75, 3.05) is 38.2 Å². The maximum atomic E-state index is 14.0. The zero-order valence-electron chi connectivity index (χ0n) is 19.6. The number of rotatable bonds is 6. The van der Waals surface area contributed by atoms with Crippen LogP contribution < -0.4 is 16.4 Å². The third-order valence-electron chi connectivity index (χ3n) is 6.15. The van der Waals surface area contributed by atoms with Crippen molar-refractivity contribution in [1.29, 1.82) is 0 Å². The molecule has 1 aliphatic carbocycles. The number of ketones is 1. The van der Waals surface area contributed by atoms with Crippen molar-refractivity contribution in [3.8, 4) is 0 Å². The van der Waals surface area contributed by atoms with Crippen molar-refractivity contribution in [2.24, 2.45) is 0 Å². The molecule has 2 amide bonds. The number of anilines is 2. The molecule has 1 fully saturated rings. The summed E-state index contributed by atoms with van der Waals surface area (Å²) in [6.45, 7) is 1.10. The third kappa shape index (κ3) is 5.68. The number of piperidine rings is 1. The minimum atomic E-state index is -0.944. The molecule has 0 radical (unpaired) electrons. The smallest absolute Gasteiger partial charge is 0.321 e. The van der Waals surface area contributed by atoms with Gasteiger partial charge in [0.1, 0.15) is 22.3 Å². The van der Waals surface area contributed by atoms with Crippen molar-refractivity contribution >= 4 is 34.1 Å². The van der Waals surface area contributed by atoms with Gasteiger partial charge in [0.05, 0.1) is 5.56 Å². The van der Waals surface area contributed by atoms with Gasteiger partial charge in [-0.25, -0.2) is 18.6 Å². The number of nitrogen functional groups attached to an aromatic ring is 1. The maximum absolute atomic E-state index is 14.0. The van der Waals surface area contributed by atoms with E-state index in [9.17, 15) is 18.4 Å². The van der Waals surface area contributed by atoms with Crippen LogP contribution in [0.25, 0.3) is 0 Å². The normalized spacial score (nSPS) is 18.5. The number of nitrogens with one attached hydrogen (secondary N) is 2. The first-order chi connectivity index (χ1) is 16.7. The van der Waals surface area contributed by atoms with E-state index in [1.165, 1.54) is 6.07 Å². The molecule has 4 rings (SSSR count). The molecule has 8 nitrogen and oxygen atoms in total. The molecule has 2 aliphatic rings. The van der Waals surface area contributed by atoms with Crippen LogP contribution in [-0.4, -0.2) is 65.9 Å². The van der Waals surface area contributed by atoms with Crippen molar-refractivity contribution in [1.82, 2.24) is 20.1 Å². The van der Waals surface area contributed by atoms with Crippen LogP contribution in [-0.2, 0) is 0 Å². The standard InChI is InChI=1S/C24H28F2N6O2S/c1-31(2)16-8-6-14(7-9-16)29-24(34)32-12-10-15(11-13-32)28-23-30-22(27)21(35-23)20(33)19-17(25)4-3-5-18(19)26/h3-8,15-16H,9-13,27H2,1-2H3,(H,28,30)(H,29,34). The molecule has 1 saturated heterocycles. The van der Waals surface area contributed by atoms with Crippen molar-refractivity contribution in [2.45, 2.75) is 31.3 Å². The monoisotopic (exact) mass is 502 g/mol. The van der Waals surface area contributed by atoms with Gasteiger partial charge < -0.3 is 26.2 Å². The van der Waals surface area contributed by atoms with Crippen molar-refractivity contribution in [3.05, 3.63) is 64.2 Å². The quantitative estimate of drug-likeness (QED) is 0.522. The van der Waals surface area contributed by atoms with Crippen LogP contribution in [0.4, 0.5) is 24.5 Å². The fraction of sp³-hybridized carbons (Fsp3) is 0.375. The van der Waals surface area contributed by atoms with Gasteiger partial charge in [-0.15, -0.1) is 0 Å². The molecule has 0 bridgehead atoms. The molecule has 35 heavy (non-hydrogen) atoms. The van der Waals surface area contributed by atoms with Gasteiger partial charge in [0.2, 0.25) is 5.78 Å². The largest absolute Gasteiger partial charge is 0.382 e. The molecule has 186 valence electrons. The molecular weight excluding hydrogens is 474 g/mol. The number of hydrogen-bond donors (Lipinski definition) is 3. The summed E-state index contributed by atoms with van der Waals surface area (Å²) in [6, 6.07) is 3.46. The molecule has 11 heteroatoms. The predicted octanol–water partition coefficient (Wildman–Crippen LogP) is 3.59. The number of carbonyl (C=O) groups is 2. The Kier molecular flexibility index (Phi) is 7.46. The van der Waals surface area contributed by atoms with E-state index in [0.29, 0.717) is 37.1 Å². The summed E-state index contributed by atoms with van der Waals surface area (Å²) in [5, 5.41) is 6.59. The topological polar surface area (TPSA) is 104 Å². The Bertz CT molecular complexity index is 1150. The number of urea groups is 1. The van der Waals surface area contributed by atoms with Gasteiger partial charge >= 0.3 is 6.03 Å². The number of hydrogen-bond acceptors (Lipinski definition) is 7. The molecule has 1 aliphatic heterocycles. The van der Waals surface area contributed by atoms with Gasteiger partial charge in [0.15, 0.2) is 5.13 Å². The van der Waals surface area contributed by atoms with Crippen LogP contribution in [0.1, 0.15) is 34.5 Å². The lowest BCUT2D eigenvalue weighted by atomic mass is 10.1. The van der Waals surface area contributed by atoms with Gasteiger partial charge in [-0.05, 0) is 51.6 Å². The Morgan fingerprint density at radius 1 is 1.20 bits per heavy atom. The maximum Gasteiger partial charge on any atom is 0.321 e. The number of nitrogens with two attached hydrogens (primary N) is 1. The average molecular weight is 503 g/mol. The van der Waals surface area contributed by atoms with Crippen LogP contribution in [0.2, 0.25) is 0 Å². The van der Waals surface area contributed by atoms with Crippen LogP contribution in [0.5, 0.6) is 0 Å². The van der Waals surface area contributed by atoms with E-state index in [1.807, 2.05) is 26.2 Å². The van der Waals surface area contributed by atoms with Gasteiger partial charge in [-0.2, -0.15) is 0 Å². The summed E-state index contributed by atoms with van der Waals surface area (Å²) in [7, 11) is 4.04. The number of likely N-dealkylation sites (N-methyl/N-ethyl adjacent to an activating group) is 1. The number of nitrogens with zero attached hydrogens (tertiary/aromatic N) is 3. The minimum absolute atomic E-state index is 0.0152. The second-order valence-electron chi connectivity index (χ2n) is 8.78. The number of carbonyl (C=O) groups excluding carboxylic acids is 2. The van der Waals surface area contributed by atoms with Gasteiger partial charge in [0.25, 0.3) is 0 Å². The lowest BCUT2D eigenvalue weighted by molar-refractivity contribution is 0.103. The lowest BCUT2D eigenvalue weighted by Crippen LogP contribution is -2.46. The van der Waals surface area contributed by atoms with Gasteiger partial charge in [0, 0.05) is 30.9 Å². The Labute approximate surface area is 206 Å². The third-order valence-corrected chi connectivity index (χ3v) is 7.15. The van der Waals surface area contributed by atoms with E-state index >= 15 is 0 Å². The Balaban J connectivity index is 1.31. The highest BCUT2D eigenvalue weighted by atomic mass is 32.1. The van der Waals surface area contributed by atoms with Gasteiger partial charge in [-0.3, -0.25) is 4.79 Å². The number of halogens is 2. The van der Waals surface area contributed by atoms with Crippen molar-refractivity contribution in [3.63, 3.8) is 0 Å².